The molecule has 1 saturated heterocycles. The maximum atomic E-state index is 5.98. The van der Waals surface area contributed by atoms with Crippen LogP contribution in [-0.2, 0) is 4.74 Å². The number of pyridine rings is 2. The number of aromatic nitrogens is 4. The molecule has 1 aromatic carbocycles. The maximum absolute atomic E-state index is 5.98. The van der Waals surface area contributed by atoms with E-state index in [1.807, 2.05) is 23.7 Å². The fourth-order valence-corrected chi connectivity index (χ4v) is 3.74. The van der Waals surface area contributed by atoms with E-state index in [-0.39, 0.29) is 6.23 Å². The average Bonchev–Trinajstić information content (AvgIpc) is 3.08. The van der Waals surface area contributed by atoms with E-state index in [2.05, 4.69) is 35.3 Å². The Hall–Kier alpha value is -2.79. The van der Waals surface area contributed by atoms with Crippen molar-refractivity contribution < 1.29 is 4.74 Å². The molecule has 0 bridgehead atoms. The third kappa shape index (κ3) is 2.47. The number of fused-ring (bicyclic) bond motifs is 2. The molecule has 5 nitrogen and oxygen atoms in total. The number of benzene rings is 1. The Morgan fingerprint density at radius 3 is 2.85 bits per heavy atom. The highest BCUT2D eigenvalue weighted by Crippen LogP contribution is 2.32. The van der Waals surface area contributed by atoms with Gasteiger partial charge in [0.1, 0.15) is 5.69 Å². The summed E-state index contributed by atoms with van der Waals surface area (Å²) in [7, 11) is 0. The first kappa shape index (κ1) is 15.5. The molecule has 4 heterocycles. The first-order valence-corrected chi connectivity index (χ1v) is 9.13. The topological polar surface area (TPSA) is 52.8 Å². The van der Waals surface area contributed by atoms with E-state index in [1.54, 1.807) is 6.20 Å². The fraction of sp³-hybridized carbons (Fsp3) is 0.286. The Bertz CT molecular complexity index is 1100. The van der Waals surface area contributed by atoms with E-state index >= 15 is 0 Å². The molecule has 1 aliphatic heterocycles. The number of aryl methyl sites for hydroxylation is 1. The molecule has 0 amide bonds. The number of para-hydroxylation sites is 1. The predicted molar refractivity (Wildman–Crippen MR) is 102 cm³/mol. The Morgan fingerprint density at radius 2 is 1.96 bits per heavy atom. The van der Waals surface area contributed by atoms with Gasteiger partial charge in [-0.15, -0.1) is 0 Å². The average molecular weight is 344 g/mol. The van der Waals surface area contributed by atoms with Crippen molar-refractivity contribution in [1.29, 1.82) is 0 Å². The number of hydrogen-bond acceptors (Lipinski definition) is 4. The van der Waals surface area contributed by atoms with Gasteiger partial charge in [-0.05, 0) is 50.5 Å². The molecule has 1 unspecified atom stereocenters. The van der Waals surface area contributed by atoms with E-state index in [1.165, 1.54) is 6.42 Å². The molecular weight excluding hydrogens is 324 g/mol. The Labute approximate surface area is 151 Å². The van der Waals surface area contributed by atoms with Crippen LogP contribution in [0.15, 0.2) is 48.7 Å². The zero-order chi connectivity index (χ0) is 17.5. The minimum absolute atomic E-state index is 0.00861. The summed E-state index contributed by atoms with van der Waals surface area (Å²) in [5.74, 6) is 0. The minimum atomic E-state index is 0.00861. The summed E-state index contributed by atoms with van der Waals surface area (Å²) in [4.78, 5) is 9.21. The van der Waals surface area contributed by atoms with Gasteiger partial charge in [-0.2, -0.15) is 5.10 Å². The summed E-state index contributed by atoms with van der Waals surface area (Å²) in [6.07, 6.45) is 5.12. The highest BCUT2D eigenvalue weighted by molar-refractivity contribution is 5.94. The van der Waals surface area contributed by atoms with Crippen molar-refractivity contribution in [3.63, 3.8) is 0 Å². The van der Waals surface area contributed by atoms with Crippen molar-refractivity contribution in [2.75, 3.05) is 6.61 Å². The summed E-state index contributed by atoms with van der Waals surface area (Å²) in [5, 5.41) is 7.12. The van der Waals surface area contributed by atoms with E-state index < -0.39 is 0 Å². The molecule has 5 rings (SSSR count). The first-order chi connectivity index (χ1) is 12.8. The highest BCUT2D eigenvalue weighted by Gasteiger charge is 2.22. The molecule has 0 spiro atoms. The van der Waals surface area contributed by atoms with Gasteiger partial charge in [0.15, 0.2) is 6.23 Å². The minimum Gasteiger partial charge on any atom is -0.356 e. The van der Waals surface area contributed by atoms with Crippen LogP contribution in [0.1, 0.15) is 31.2 Å². The van der Waals surface area contributed by atoms with Gasteiger partial charge in [-0.1, -0.05) is 18.2 Å². The molecule has 0 radical (unpaired) electrons. The van der Waals surface area contributed by atoms with Crippen LogP contribution in [0.5, 0.6) is 0 Å². The van der Waals surface area contributed by atoms with Crippen molar-refractivity contribution in [3.8, 4) is 11.4 Å². The lowest BCUT2D eigenvalue weighted by Gasteiger charge is -2.23. The number of rotatable bonds is 2. The predicted octanol–water partition coefficient (Wildman–Crippen LogP) is 4.65. The zero-order valence-corrected chi connectivity index (χ0v) is 14.7. The van der Waals surface area contributed by atoms with Gasteiger partial charge in [0.05, 0.1) is 16.7 Å². The molecule has 26 heavy (non-hydrogen) atoms. The monoisotopic (exact) mass is 344 g/mol. The number of hydrogen-bond donors (Lipinski definition) is 0. The van der Waals surface area contributed by atoms with Crippen LogP contribution in [0.4, 0.5) is 0 Å². The van der Waals surface area contributed by atoms with Crippen LogP contribution in [0.2, 0.25) is 0 Å². The van der Waals surface area contributed by atoms with Crippen LogP contribution in [-0.4, -0.2) is 26.4 Å². The van der Waals surface area contributed by atoms with Crippen LogP contribution in [0, 0.1) is 6.92 Å². The van der Waals surface area contributed by atoms with Crippen LogP contribution in [0.25, 0.3) is 33.2 Å². The fourth-order valence-electron chi connectivity index (χ4n) is 3.74. The van der Waals surface area contributed by atoms with Gasteiger partial charge >= 0.3 is 0 Å². The molecule has 1 atom stereocenters. The second kappa shape index (κ2) is 6.18. The van der Waals surface area contributed by atoms with Crippen molar-refractivity contribution in [1.82, 2.24) is 19.7 Å². The zero-order valence-electron chi connectivity index (χ0n) is 14.7. The largest absolute Gasteiger partial charge is 0.356 e. The molecule has 130 valence electrons. The molecule has 5 heteroatoms. The molecule has 3 aromatic heterocycles. The quantitative estimate of drug-likeness (QED) is 0.531. The summed E-state index contributed by atoms with van der Waals surface area (Å²) in [5.41, 5.74) is 4.83. The first-order valence-electron chi connectivity index (χ1n) is 9.13. The third-order valence-corrected chi connectivity index (χ3v) is 5.10. The standard InChI is InChI=1S/C21H20N4O/c1-14-15-9-10-18(23-17(15)11-12-22-14)21-16-6-2-3-7-19(16)25(24-21)20-8-4-5-13-26-20/h2-3,6-7,9-12,20H,4-5,8,13H2,1H3. The van der Waals surface area contributed by atoms with E-state index in [9.17, 15) is 0 Å². The molecule has 0 N–H and O–H groups in total. The van der Waals surface area contributed by atoms with Crippen LogP contribution >= 0.6 is 0 Å². The van der Waals surface area contributed by atoms with Crippen molar-refractivity contribution in [2.45, 2.75) is 32.4 Å². The highest BCUT2D eigenvalue weighted by atomic mass is 16.5. The van der Waals surface area contributed by atoms with Crippen molar-refractivity contribution in [2.24, 2.45) is 0 Å². The normalized spacial score (nSPS) is 17.8. The van der Waals surface area contributed by atoms with E-state index in [0.717, 1.165) is 58.3 Å². The molecular formula is C21H20N4O. The lowest BCUT2D eigenvalue weighted by molar-refractivity contribution is -0.0365. The van der Waals surface area contributed by atoms with Gasteiger partial charge in [-0.25, -0.2) is 9.67 Å². The molecule has 0 saturated carbocycles. The summed E-state index contributed by atoms with van der Waals surface area (Å²) < 4.78 is 8.01. The van der Waals surface area contributed by atoms with Gasteiger partial charge in [-0.3, -0.25) is 4.98 Å². The molecule has 1 fully saturated rings. The van der Waals surface area contributed by atoms with E-state index in [0.29, 0.717) is 0 Å². The van der Waals surface area contributed by atoms with Gasteiger partial charge in [0.2, 0.25) is 0 Å². The lowest BCUT2D eigenvalue weighted by atomic mass is 10.1. The van der Waals surface area contributed by atoms with Crippen LogP contribution in [0.3, 0.4) is 0 Å². The number of ether oxygens (including phenoxy) is 1. The van der Waals surface area contributed by atoms with Gasteiger partial charge < -0.3 is 4.74 Å². The second-order valence-corrected chi connectivity index (χ2v) is 6.79. The SMILES string of the molecule is Cc1nccc2nc(-c3nn(C4CCCCO4)c4ccccc34)ccc12. The second-order valence-electron chi connectivity index (χ2n) is 6.79. The smallest absolute Gasteiger partial charge is 0.150 e. The van der Waals surface area contributed by atoms with E-state index in [4.69, 9.17) is 14.8 Å². The van der Waals surface area contributed by atoms with Gasteiger partial charge in [0.25, 0.3) is 0 Å². The van der Waals surface area contributed by atoms with Crippen molar-refractivity contribution >= 4 is 21.8 Å². The molecule has 0 aliphatic carbocycles. The Kier molecular flexibility index (Phi) is 3.68. The lowest BCUT2D eigenvalue weighted by Crippen LogP contribution is -2.19. The molecule has 1 aliphatic rings. The Balaban J connectivity index is 1.69. The third-order valence-electron chi connectivity index (χ3n) is 5.10. The maximum Gasteiger partial charge on any atom is 0.150 e. The molecule has 4 aromatic rings. The number of nitrogens with zero attached hydrogens (tertiary/aromatic N) is 4. The Morgan fingerprint density at radius 1 is 1.04 bits per heavy atom. The summed E-state index contributed by atoms with van der Waals surface area (Å²) >= 11 is 0. The van der Waals surface area contributed by atoms with Gasteiger partial charge in [0, 0.05) is 29.3 Å². The summed E-state index contributed by atoms with van der Waals surface area (Å²) in [6, 6.07) is 14.4. The van der Waals surface area contributed by atoms with Crippen molar-refractivity contribution in [3.05, 3.63) is 54.4 Å². The summed E-state index contributed by atoms with van der Waals surface area (Å²) in [6.45, 7) is 2.81. The van der Waals surface area contributed by atoms with Crippen LogP contribution < -0.4 is 0 Å².